The van der Waals surface area contributed by atoms with E-state index in [4.69, 9.17) is 0 Å². The molecular weight excluding hydrogens is 242 g/mol. The molecule has 20 heavy (non-hydrogen) atoms. The Morgan fingerprint density at radius 2 is 1.95 bits per heavy atom. The van der Waals surface area contributed by atoms with E-state index in [1.165, 1.54) is 42.4 Å². The first-order chi connectivity index (χ1) is 9.51. The first-order valence-corrected chi connectivity index (χ1v) is 7.92. The average molecular weight is 271 g/mol. The van der Waals surface area contributed by atoms with Crippen molar-refractivity contribution < 1.29 is 0 Å². The lowest BCUT2D eigenvalue weighted by atomic mass is 9.87. The molecule has 1 nitrogen and oxygen atoms in total. The van der Waals surface area contributed by atoms with Crippen LogP contribution in [0.1, 0.15) is 50.7 Å². The van der Waals surface area contributed by atoms with Gasteiger partial charge in [-0.25, -0.2) is 0 Å². The summed E-state index contributed by atoms with van der Waals surface area (Å²) in [5.41, 5.74) is 4.68. The van der Waals surface area contributed by atoms with E-state index in [0.29, 0.717) is 11.3 Å². The summed E-state index contributed by atoms with van der Waals surface area (Å²) < 4.78 is 0. The van der Waals surface area contributed by atoms with Crippen molar-refractivity contribution in [3.05, 3.63) is 47.5 Å². The second kappa shape index (κ2) is 6.58. The van der Waals surface area contributed by atoms with E-state index in [0.717, 1.165) is 13.1 Å². The minimum atomic E-state index is 0.624. The second-order valence-electron chi connectivity index (χ2n) is 6.86. The average Bonchev–Trinajstić information content (AvgIpc) is 3.17. The topological polar surface area (TPSA) is 12.0 Å². The van der Waals surface area contributed by atoms with Crippen LogP contribution in [0.25, 0.3) is 0 Å². The second-order valence-corrected chi connectivity index (χ2v) is 6.86. The summed E-state index contributed by atoms with van der Waals surface area (Å²) in [5.74, 6) is 0.676. The summed E-state index contributed by atoms with van der Waals surface area (Å²) in [6, 6.07) is 8.82. The number of hydrogen-bond donors (Lipinski definition) is 1. The van der Waals surface area contributed by atoms with E-state index in [1.807, 2.05) is 0 Å². The highest BCUT2D eigenvalue weighted by Gasteiger charge is 2.42. The molecule has 2 rings (SSSR count). The molecule has 1 aliphatic carbocycles. The maximum atomic E-state index is 4.09. The number of nitrogens with one attached hydrogen (secondary N) is 1. The Morgan fingerprint density at radius 3 is 2.50 bits per heavy atom. The van der Waals surface area contributed by atoms with Crippen molar-refractivity contribution in [3.63, 3.8) is 0 Å². The summed E-state index contributed by atoms with van der Waals surface area (Å²) in [5, 5.41) is 3.60. The van der Waals surface area contributed by atoms with Crippen LogP contribution < -0.4 is 5.32 Å². The Labute approximate surface area is 124 Å². The zero-order valence-corrected chi connectivity index (χ0v) is 13.3. The van der Waals surface area contributed by atoms with Gasteiger partial charge in [-0.2, -0.15) is 0 Å². The first kappa shape index (κ1) is 15.3. The van der Waals surface area contributed by atoms with Crippen LogP contribution in [-0.4, -0.2) is 6.54 Å². The molecular formula is C19H29N. The van der Waals surface area contributed by atoms with Gasteiger partial charge in [-0.05, 0) is 63.0 Å². The number of rotatable bonds is 8. The summed E-state index contributed by atoms with van der Waals surface area (Å²) in [7, 11) is 0. The Kier molecular flexibility index (Phi) is 5.04. The Morgan fingerprint density at radius 1 is 1.30 bits per heavy atom. The Bertz CT molecular complexity index is 439. The van der Waals surface area contributed by atoms with E-state index in [9.17, 15) is 0 Å². The molecule has 0 unspecified atom stereocenters. The lowest BCUT2D eigenvalue weighted by molar-refractivity contribution is 0.367. The molecule has 0 saturated heterocycles. The maximum Gasteiger partial charge on any atom is 0.0205 e. The van der Waals surface area contributed by atoms with E-state index in [1.54, 1.807) is 0 Å². The van der Waals surface area contributed by atoms with Crippen LogP contribution in [-0.2, 0) is 6.54 Å². The molecule has 0 spiro atoms. The van der Waals surface area contributed by atoms with Crippen LogP contribution in [0, 0.1) is 18.3 Å². The fraction of sp³-hybridized carbons (Fsp3) is 0.579. The van der Waals surface area contributed by atoms with Gasteiger partial charge in [0.05, 0.1) is 0 Å². The van der Waals surface area contributed by atoms with Gasteiger partial charge in [-0.1, -0.05) is 48.9 Å². The van der Waals surface area contributed by atoms with Gasteiger partial charge in [0.15, 0.2) is 0 Å². The lowest BCUT2D eigenvalue weighted by Gasteiger charge is -2.20. The first-order valence-electron chi connectivity index (χ1n) is 7.92. The summed E-state index contributed by atoms with van der Waals surface area (Å²) in [6.07, 6.45) is 5.47. The standard InChI is InChI=1S/C19H29N/c1-15(2)17(4)13-19(9-10-19)11-12-20-14-18-7-5-16(3)6-8-18/h5-8,17,20H,1,9-14H2,2-4H3/t17-/m1/s1. The van der Waals surface area contributed by atoms with Gasteiger partial charge in [0, 0.05) is 6.54 Å². The number of hydrogen-bond acceptors (Lipinski definition) is 1. The molecule has 0 bridgehead atoms. The van der Waals surface area contributed by atoms with E-state index >= 15 is 0 Å². The summed E-state index contributed by atoms with van der Waals surface area (Å²) in [6.45, 7) is 12.8. The molecule has 0 aromatic heterocycles. The van der Waals surface area contributed by atoms with Crippen LogP contribution in [0.4, 0.5) is 0 Å². The van der Waals surface area contributed by atoms with Gasteiger partial charge in [-0.3, -0.25) is 0 Å². The minimum absolute atomic E-state index is 0.624. The van der Waals surface area contributed by atoms with Crippen LogP contribution in [0.15, 0.2) is 36.4 Å². The van der Waals surface area contributed by atoms with Gasteiger partial charge in [0.1, 0.15) is 0 Å². The quantitative estimate of drug-likeness (QED) is 0.526. The van der Waals surface area contributed by atoms with Crippen molar-refractivity contribution in [2.24, 2.45) is 11.3 Å². The fourth-order valence-electron chi connectivity index (χ4n) is 2.85. The van der Waals surface area contributed by atoms with Crippen molar-refractivity contribution in [2.45, 2.75) is 53.0 Å². The molecule has 1 aliphatic rings. The largest absolute Gasteiger partial charge is 0.313 e. The van der Waals surface area contributed by atoms with Crippen LogP contribution in [0.3, 0.4) is 0 Å². The smallest absolute Gasteiger partial charge is 0.0205 e. The van der Waals surface area contributed by atoms with E-state index in [2.05, 4.69) is 56.9 Å². The number of allylic oxidation sites excluding steroid dienone is 1. The maximum absolute atomic E-state index is 4.09. The van der Waals surface area contributed by atoms with Crippen LogP contribution >= 0.6 is 0 Å². The minimum Gasteiger partial charge on any atom is -0.313 e. The molecule has 1 fully saturated rings. The third-order valence-corrected chi connectivity index (χ3v) is 4.82. The van der Waals surface area contributed by atoms with E-state index in [-0.39, 0.29) is 0 Å². The predicted octanol–water partition coefficient (Wildman–Crippen LogP) is 4.86. The van der Waals surface area contributed by atoms with Crippen molar-refractivity contribution in [1.82, 2.24) is 5.32 Å². The van der Waals surface area contributed by atoms with Crippen molar-refractivity contribution in [3.8, 4) is 0 Å². The highest BCUT2D eigenvalue weighted by molar-refractivity contribution is 5.21. The molecule has 1 heteroatoms. The van der Waals surface area contributed by atoms with Crippen molar-refractivity contribution in [2.75, 3.05) is 6.54 Å². The number of aryl methyl sites for hydroxylation is 1. The summed E-state index contributed by atoms with van der Waals surface area (Å²) >= 11 is 0. The molecule has 0 radical (unpaired) electrons. The zero-order chi connectivity index (χ0) is 14.6. The van der Waals surface area contributed by atoms with Crippen LogP contribution in [0.5, 0.6) is 0 Å². The lowest BCUT2D eigenvalue weighted by Crippen LogP contribution is -2.19. The van der Waals surface area contributed by atoms with Gasteiger partial charge in [-0.15, -0.1) is 0 Å². The van der Waals surface area contributed by atoms with E-state index < -0.39 is 0 Å². The summed E-state index contributed by atoms with van der Waals surface area (Å²) in [4.78, 5) is 0. The van der Waals surface area contributed by atoms with Gasteiger partial charge in [0.2, 0.25) is 0 Å². The molecule has 1 N–H and O–H groups in total. The third kappa shape index (κ3) is 4.49. The molecule has 110 valence electrons. The molecule has 0 aliphatic heterocycles. The highest BCUT2D eigenvalue weighted by atomic mass is 14.9. The van der Waals surface area contributed by atoms with Crippen molar-refractivity contribution >= 4 is 0 Å². The van der Waals surface area contributed by atoms with Crippen LogP contribution in [0.2, 0.25) is 0 Å². The van der Waals surface area contributed by atoms with Gasteiger partial charge in [0.25, 0.3) is 0 Å². The molecule has 0 heterocycles. The molecule has 1 saturated carbocycles. The molecule has 1 aromatic rings. The Balaban J connectivity index is 1.68. The normalized spacial score (nSPS) is 17.8. The molecule has 0 amide bonds. The van der Waals surface area contributed by atoms with Gasteiger partial charge < -0.3 is 5.32 Å². The molecule has 1 aromatic carbocycles. The third-order valence-electron chi connectivity index (χ3n) is 4.82. The SMILES string of the molecule is C=C(C)[C@H](C)CC1(CCNCc2ccc(C)cc2)CC1. The number of benzene rings is 1. The zero-order valence-electron chi connectivity index (χ0n) is 13.3. The monoisotopic (exact) mass is 271 g/mol. The van der Waals surface area contributed by atoms with Gasteiger partial charge >= 0.3 is 0 Å². The highest BCUT2D eigenvalue weighted by Crippen LogP contribution is 2.53. The Hall–Kier alpha value is -1.08. The molecule has 1 atom stereocenters. The fourth-order valence-corrected chi connectivity index (χ4v) is 2.85. The van der Waals surface area contributed by atoms with Crippen molar-refractivity contribution in [1.29, 1.82) is 0 Å². The predicted molar refractivity (Wildman–Crippen MR) is 87.8 cm³/mol.